The number of nitrogens with zero attached hydrogens (tertiary/aromatic N) is 3. The molecule has 5 nitrogen and oxygen atoms in total. The Kier molecular flexibility index (Phi) is 6.67. The lowest BCUT2D eigenvalue weighted by molar-refractivity contribution is -0.125. The minimum atomic E-state index is 0.225. The standard InChI is InChI=1S/C21H32N4O/c1-24(2)15-8-16-25-19-12-7-6-11-18(19)23-20(25)13-14-22-21(26)17-9-4-3-5-10-17/h6-7,11-12,17H,3-5,8-10,13-16H2,1-2H3,(H,22,26). The Bertz CT molecular complexity index is 716. The lowest BCUT2D eigenvalue weighted by atomic mass is 9.89. The molecule has 0 unspecified atom stereocenters. The van der Waals surface area contributed by atoms with Crippen LogP contribution in [0.3, 0.4) is 0 Å². The van der Waals surface area contributed by atoms with Crippen LogP contribution in [-0.2, 0) is 17.8 Å². The van der Waals surface area contributed by atoms with Crippen molar-refractivity contribution in [3.63, 3.8) is 0 Å². The molecule has 0 spiro atoms. The first kappa shape index (κ1) is 18.9. The Morgan fingerprint density at radius 2 is 2.00 bits per heavy atom. The molecule has 0 saturated heterocycles. The average Bonchev–Trinajstić information content (AvgIpc) is 3.00. The zero-order valence-corrected chi connectivity index (χ0v) is 16.2. The molecule has 0 radical (unpaired) electrons. The molecule has 1 aliphatic rings. The van der Waals surface area contributed by atoms with Gasteiger partial charge in [0.15, 0.2) is 0 Å². The second-order valence-electron chi connectivity index (χ2n) is 7.70. The maximum atomic E-state index is 12.3. The number of carbonyl (C=O) groups is 1. The van der Waals surface area contributed by atoms with Gasteiger partial charge >= 0.3 is 0 Å². The summed E-state index contributed by atoms with van der Waals surface area (Å²) in [5.41, 5.74) is 2.24. The van der Waals surface area contributed by atoms with Crippen LogP contribution < -0.4 is 5.32 Å². The zero-order valence-electron chi connectivity index (χ0n) is 16.2. The van der Waals surface area contributed by atoms with Crippen LogP contribution in [0.2, 0.25) is 0 Å². The van der Waals surface area contributed by atoms with E-state index in [-0.39, 0.29) is 11.8 Å². The monoisotopic (exact) mass is 356 g/mol. The highest BCUT2D eigenvalue weighted by Crippen LogP contribution is 2.23. The number of amides is 1. The van der Waals surface area contributed by atoms with Crippen LogP contribution in [0.5, 0.6) is 0 Å². The number of fused-ring (bicyclic) bond motifs is 1. The highest BCUT2D eigenvalue weighted by Gasteiger charge is 2.20. The summed E-state index contributed by atoms with van der Waals surface area (Å²) in [5, 5.41) is 3.15. The van der Waals surface area contributed by atoms with E-state index in [2.05, 4.69) is 47.1 Å². The predicted molar refractivity (Wildman–Crippen MR) is 106 cm³/mol. The molecule has 1 aliphatic carbocycles. The fourth-order valence-electron chi connectivity index (χ4n) is 3.92. The Balaban J connectivity index is 1.61. The van der Waals surface area contributed by atoms with Gasteiger partial charge in [0, 0.05) is 25.4 Å². The van der Waals surface area contributed by atoms with Crippen LogP contribution in [0.15, 0.2) is 24.3 Å². The van der Waals surface area contributed by atoms with Gasteiger partial charge in [-0.15, -0.1) is 0 Å². The van der Waals surface area contributed by atoms with Crippen molar-refractivity contribution in [3.05, 3.63) is 30.1 Å². The van der Waals surface area contributed by atoms with Crippen molar-refractivity contribution in [3.8, 4) is 0 Å². The number of hydrogen-bond acceptors (Lipinski definition) is 3. The minimum Gasteiger partial charge on any atom is -0.355 e. The van der Waals surface area contributed by atoms with Gasteiger partial charge in [-0.3, -0.25) is 4.79 Å². The normalized spacial score (nSPS) is 15.7. The third kappa shape index (κ3) is 4.85. The molecule has 0 bridgehead atoms. The van der Waals surface area contributed by atoms with Crippen molar-refractivity contribution in [2.24, 2.45) is 5.92 Å². The number of imidazole rings is 1. The molecular formula is C21H32N4O. The van der Waals surface area contributed by atoms with Crippen LogP contribution in [0.4, 0.5) is 0 Å². The molecule has 1 N–H and O–H groups in total. The molecule has 142 valence electrons. The average molecular weight is 357 g/mol. The van der Waals surface area contributed by atoms with Crippen molar-refractivity contribution in [1.82, 2.24) is 19.8 Å². The van der Waals surface area contributed by atoms with Crippen molar-refractivity contribution in [2.75, 3.05) is 27.2 Å². The van der Waals surface area contributed by atoms with E-state index >= 15 is 0 Å². The lowest BCUT2D eigenvalue weighted by Gasteiger charge is -2.20. The highest BCUT2D eigenvalue weighted by molar-refractivity contribution is 5.78. The van der Waals surface area contributed by atoms with E-state index in [1.54, 1.807) is 0 Å². The molecule has 1 amide bonds. The first-order chi connectivity index (χ1) is 12.6. The largest absolute Gasteiger partial charge is 0.355 e. The third-order valence-corrected chi connectivity index (χ3v) is 5.34. The number of rotatable bonds is 8. The molecular weight excluding hydrogens is 324 g/mol. The summed E-state index contributed by atoms with van der Waals surface area (Å²) in [6.45, 7) is 2.70. The maximum Gasteiger partial charge on any atom is 0.223 e. The van der Waals surface area contributed by atoms with E-state index in [1.807, 2.05) is 6.07 Å². The molecule has 1 heterocycles. The number of hydrogen-bond donors (Lipinski definition) is 1. The smallest absolute Gasteiger partial charge is 0.223 e. The van der Waals surface area contributed by atoms with Crippen LogP contribution >= 0.6 is 0 Å². The molecule has 0 aliphatic heterocycles. The fraction of sp³-hybridized carbons (Fsp3) is 0.619. The van der Waals surface area contributed by atoms with E-state index in [4.69, 9.17) is 4.98 Å². The molecule has 1 saturated carbocycles. The van der Waals surface area contributed by atoms with Crippen LogP contribution in [0, 0.1) is 5.92 Å². The Morgan fingerprint density at radius 1 is 1.23 bits per heavy atom. The molecule has 0 atom stereocenters. The summed E-state index contributed by atoms with van der Waals surface area (Å²) in [5.74, 6) is 1.54. The summed E-state index contributed by atoms with van der Waals surface area (Å²) in [7, 11) is 4.21. The van der Waals surface area contributed by atoms with Gasteiger partial charge in [-0.1, -0.05) is 31.4 Å². The van der Waals surface area contributed by atoms with E-state index in [0.29, 0.717) is 6.54 Å². The van der Waals surface area contributed by atoms with E-state index in [0.717, 1.165) is 50.1 Å². The molecule has 1 aromatic heterocycles. The predicted octanol–water partition coefficient (Wildman–Crippen LogP) is 3.23. The SMILES string of the molecule is CN(C)CCCn1c(CCNC(=O)C2CCCCC2)nc2ccccc21. The number of nitrogens with one attached hydrogen (secondary N) is 1. The maximum absolute atomic E-state index is 12.3. The summed E-state index contributed by atoms with van der Waals surface area (Å²) in [4.78, 5) is 19.4. The highest BCUT2D eigenvalue weighted by atomic mass is 16.1. The Labute approximate surface area is 156 Å². The fourth-order valence-corrected chi connectivity index (χ4v) is 3.92. The Hall–Kier alpha value is -1.88. The van der Waals surface area contributed by atoms with Crippen LogP contribution in [-0.4, -0.2) is 47.5 Å². The van der Waals surface area contributed by atoms with Crippen LogP contribution in [0.25, 0.3) is 11.0 Å². The second-order valence-corrected chi connectivity index (χ2v) is 7.70. The van der Waals surface area contributed by atoms with Gasteiger partial charge in [-0.05, 0) is 52.0 Å². The number of benzene rings is 1. The van der Waals surface area contributed by atoms with Gasteiger partial charge in [0.2, 0.25) is 5.91 Å². The first-order valence-corrected chi connectivity index (χ1v) is 10.0. The molecule has 2 aromatic rings. The van der Waals surface area contributed by atoms with E-state index < -0.39 is 0 Å². The topological polar surface area (TPSA) is 50.2 Å². The van der Waals surface area contributed by atoms with Gasteiger partial charge in [0.1, 0.15) is 5.82 Å². The first-order valence-electron chi connectivity index (χ1n) is 10.0. The summed E-state index contributed by atoms with van der Waals surface area (Å²) in [6.07, 6.45) is 7.65. The van der Waals surface area contributed by atoms with Crippen molar-refractivity contribution < 1.29 is 4.79 Å². The minimum absolute atomic E-state index is 0.225. The summed E-state index contributed by atoms with van der Waals surface area (Å²) in [6, 6.07) is 8.32. The number of carbonyl (C=O) groups excluding carboxylic acids is 1. The van der Waals surface area contributed by atoms with Gasteiger partial charge in [-0.2, -0.15) is 0 Å². The van der Waals surface area contributed by atoms with Crippen molar-refractivity contribution in [2.45, 2.75) is 51.5 Å². The molecule has 1 aromatic carbocycles. The molecule has 26 heavy (non-hydrogen) atoms. The number of para-hydroxylation sites is 2. The Morgan fingerprint density at radius 3 is 2.77 bits per heavy atom. The van der Waals surface area contributed by atoms with Gasteiger partial charge in [0.05, 0.1) is 11.0 Å². The molecule has 3 rings (SSSR count). The summed E-state index contributed by atoms with van der Waals surface area (Å²) < 4.78 is 2.32. The third-order valence-electron chi connectivity index (χ3n) is 5.34. The van der Waals surface area contributed by atoms with E-state index in [9.17, 15) is 4.79 Å². The number of aromatic nitrogens is 2. The summed E-state index contributed by atoms with van der Waals surface area (Å²) >= 11 is 0. The van der Waals surface area contributed by atoms with Gasteiger partial charge in [0.25, 0.3) is 0 Å². The number of aryl methyl sites for hydroxylation is 1. The van der Waals surface area contributed by atoms with Crippen molar-refractivity contribution in [1.29, 1.82) is 0 Å². The van der Waals surface area contributed by atoms with E-state index in [1.165, 1.54) is 24.8 Å². The van der Waals surface area contributed by atoms with Crippen LogP contribution in [0.1, 0.15) is 44.3 Å². The van der Waals surface area contributed by atoms with Gasteiger partial charge < -0.3 is 14.8 Å². The zero-order chi connectivity index (χ0) is 18.4. The lowest BCUT2D eigenvalue weighted by Crippen LogP contribution is -2.33. The van der Waals surface area contributed by atoms with Crippen molar-refractivity contribution >= 4 is 16.9 Å². The van der Waals surface area contributed by atoms with Gasteiger partial charge in [-0.25, -0.2) is 4.98 Å². The quantitative estimate of drug-likeness (QED) is 0.790. The molecule has 1 fully saturated rings. The second kappa shape index (κ2) is 9.17. The molecule has 5 heteroatoms.